The summed E-state index contributed by atoms with van der Waals surface area (Å²) in [6.45, 7) is 0. The molecule has 2 unspecified atom stereocenters. The first kappa shape index (κ1) is 40.1. The van der Waals surface area contributed by atoms with Crippen LogP contribution in [0.3, 0.4) is 0 Å². The van der Waals surface area contributed by atoms with Crippen LogP contribution in [0, 0.1) is 0 Å². The third-order valence-electron chi connectivity index (χ3n) is 4.60. The highest BCUT2D eigenvalue weighted by molar-refractivity contribution is 5.18. The molecule has 4 nitrogen and oxygen atoms in total. The quantitative estimate of drug-likeness (QED) is 0.180. The Morgan fingerprint density at radius 3 is 0.762 bits per heavy atom. The van der Waals surface area contributed by atoms with Crippen LogP contribution in [0.15, 0.2) is 0 Å². The maximum Gasteiger partial charge on any atom is 0.483 e. The Morgan fingerprint density at radius 2 is 0.548 bits per heavy atom. The zero-order chi connectivity index (χ0) is 35.2. The molecule has 0 fully saturated rings. The van der Waals surface area contributed by atoms with E-state index in [2.05, 4.69) is 0 Å². The van der Waals surface area contributed by atoms with Crippen molar-refractivity contribution in [1.29, 1.82) is 0 Å². The van der Waals surface area contributed by atoms with Crippen LogP contribution in [0.5, 0.6) is 0 Å². The van der Waals surface area contributed by atoms with Crippen LogP contribution in [0.2, 0.25) is 0 Å². The summed E-state index contributed by atoms with van der Waals surface area (Å²) >= 11 is 0. The van der Waals surface area contributed by atoms with Crippen molar-refractivity contribution in [1.82, 2.24) is 0 Å². The van der Waals surface area contributed by atoms with Crippen molar-refractivity contribution in [3.05, 3.63) is 0 Å². The van der Waals surface area contributed by atoms with Gasteiger partial charge in [-0.05, 0) is 0 Å². The summed E-state index contributed by atoms with van der Waals surface area (Å²) in [5.41, 5.74) is 0. The predicted octanol–water partition coefficient (Wildman–Crippen LogP) is 6.10. The van der Waals surface area contributed by atoms with Gasteiger partial charge in [0.05, 0.1) is 0 Å². The van der Waals surface area contributed by atoms with E-state index in [0.717, 1.165) is 4.74 Å². The average Bonchev–Trinajstić information content (AvgIpc) is 2.69. The highest BCUT2D eigenvalue weighted by Gasteiger charge is 2.98. The van der Waals surface area contributed by atoms with Gasteiger partial charge in [-0.15, -0.1) is 0 Å². The summed E-state index contributed by atoms with van der Waals surface area (Å²) in [5.74, 6) is -82.7. The maximum absolute atomic E-state index is 14.1. The van der Waals surface area contributed by atoms with Gasteiger partial charge in [0.25, 0.3) is 0 Å². The number of alkyl halides is 25. The molecule has 0 aromatic carbocycles. The highest BCUT2D eigenvalue weighted by atomic mass is 19.4. The second-order valence-electron chi connectivity index (χ2n) is 7.44. The van der Waals surface area contributed by atoms with Gasteiger partial charge in [-0.25, -0.2) is 0 Å². The molecule has 0 amide bonds. The van der Waals surface area contributed by atoms with Gasteiger partial charge in [0.15, 0.2) is 0 Å². The molecule has 0 aromatic heterocycles. The van der Waals surface area contributed by atoms with E-state index in [1.807, 2.05) is 0 Å². The summed E-state index contributed by atoms with van der Waals surface area (Å²) in [5, 5.41) is 25.0. The molecule has 2 atom stereocenters. The Labute approximate surface area is 209 Å². The average molecular weight is 698 g/mol. The zero-order valence-electron chi connectivity index (χ0n) is 17.7. The molecule has 0 bridgehead atoms. The number of aliphatic hydroxyl groups is 3. The molecular weight excluding hydrogens is 695 g/mol. The van der Waals surface area contributed by atoms with Crippen LogP contribution in [-0.4, -0.2) is 93.0 Å². The number of hydrogen-bond donors (Lipinski definition) is 3. The number of halogens is 25. The first-order valence-corrected chi connectivity index (χ1v) is 8.55. The normalized spacial score (nSPS) is 19.4. The Hall–Kier alpha value is -1.91. The fourth-order valence-electron chi connectivity index (χ4n) is 2.16. The Kier molecular flexibility index (Phi) is 9.11. The van der Waals surface area contributed by atoms with Crippen LogP contribution in [0.1, 0.15) is 0 Å². The Balaban J connectivity index is 7.76. The van der Waals surface area contributed by atoms with Crippen molar-refractivity contribution in [3.8, 4) is 0 Å². The van der Waals surface area contributed by atoms with Gasteiger partial charge in [0, 0.05) is 0 Å². The van der Waals surface area contributed by atoms with Crippen LogP contribution in [0.25, 0.3) is 0 Å². The van der Waals surface area contributed by atoms with E-state index < -0.39 is 77.7 Å². The molecular formula is C13H3F25O4. The van der Waals surface area contributed by atoms with Gasteiger partial charge >= 0.3 is 77.7 Å². The molecule has 0 aromatic rings. The monoisotopic (exact) mass is 698 g/mol. The molecule has 29 heteroatoms. The minimum atomic E-state index is -9.70. The number of rotatable bonds is 11. The Bertz CT molecular complexity index is 986. The van der Waals surface area contributed by atoms with E-state index in [9.17, 15) is 110 Å². The summed E-state index contributed by atoms with van der Waals surface area (Å²) in [4.78, 5) is 0. The van der Waals surface area contributed by atoms with Gasteiger partial charge in [-0.1, -0.05) is 0 Å². The number of ether oxygens (including phenoxy) is 1. The fourth-order valence-corrected chi connectivity index (χ4v) is 2.16. The molecule has 3 N–H and O–H groups in total. The van der Waals surface area contributed by atoms with E-state index in [4.69, 9.17) is 15.3 Å². The van der Waals surface area contributed by atoms with E-state index in [0.29, 0.717) is 0 Å². The summed E-state index contributed by atoms with van der Waals surface area (Å²) in [6, 6.07) is 0. The second-order valence-corrected chi connectivity index (χ2v) is 7.44. The predicted molar refractivity (Wildman–Crippen MR) is 70.9 cm³/mol. The van der Waals surface area contributed by atoms with E-state index in [1.165, 1.54) is 0 Å². The minimum Gasteiger partial charge on any atom is -0.356 e. The van der Waals surface area contributed by atoms with Crippen LogP contribution in [-0.2, 0) is 4.74 Å². The fraction of sp³-hybridized carbons (Fsp3) is 1.00. The van der Waals surface area contributed by atoms with Crippen molar-refractivity contribution < 1.29 is 130 Å². The number of hydrogen-bond acceptors (Lipinski definition) is 4. The van der Waals surface area contributed by atoms with Crippen molar-refractivity contribution in [2.24, 2.45) is 0 Å². The lowest BCUT2D eigenvalue weighted by atomic mass is 9.84. The first-order chi connectivity index (χ1) is 17.5. The standard InChI is InChI=1S/C13H3F25O4/c14-1(15,3(18,19)5(22,23)7(26,27)10(29,30)31)2(16,17)4(20,21)6(24,25)9(40,8(28,39)12(35,36)41)42-13(37,38)11(32,33)34/h39-41H. The van der Waals surface area contributed by atoms with Gasteiger partial charge in [-0.2, -0.15) is 110 Å². The largest absolute Gasteiger partial charge is 0.483 e. The molecule has 0 rings (SSSR count). The van der Waals surface area contributed by atoms with Gasteiger partial charge < -0.3 is 15.3 Å². The lowest BCUT2D eigenvalue weighted by Crippen LogP contribution is -2.81. The first-order valence-electron chi connectivity index (χ1n) is 8.55. The van der Waals surface area contributed by atoms with Crippen molar-refractivity contribution in [2.75, 3.05) is 0 Å². The van der Waals surface area contributed by atoms with Crippen LogP contribution >= 0.6 is 0 Å². The molecule has 0 aliphatic carbocycles. The second kappa shape index (κ2) is 9.54. The van der Waals surface area contributed by atoms with Crippen molar-refractivity contribution in [2.45, 2.75) is 77.7 Å². The molecule has 0 heterocycles. The van der Waals surface area contributed by atoms with Crippen molar-refractivity contribution in [3.63, 3.8) is 0 Å². The Morgan fingerprint density at radius 1 is 0.310 bits per heavy atom. The maximum atomic E-state index is 14.1. The third-order valence-corrected chi connectivity index (χ3v) is 4.60. The van der Waals surface area contributed by atoms with Gasteiger partial charge in [-0.3, -0.25) is 4.74 Å². The molecule has 0 aliphatic rings. The molecule has 0 aliphatic heterocycles. The van der Waals surface area contributed by atoms with Crippen LogP contribution < -0.4 is 0 Å². The van der Waals surface area contributed by atoms with E-state index >= 15 is 0 Å². The summed E-state index contributed by atoms with van der Waals surface area (Å²) in [7, 11) is 0. The molecule has 0 radical (unpaired) electrons. The molecule has 0 spiro atoms. The summed E-state index contributed by atoms with van der Waals surface area (Å²) < 4.78 is 328. The zero-order valence-corrected chi connectivity index (χ0v) is 17.7. The molecule has 0 saturated carbocycles. The topological polar surface area (TPSA) is 69.9 Å². The van der Waals surface area contributed by atoms with Crippen molar-refractivity contribution >= 4 is 0 Å². The SMILES string of the molecule is OC(F)(F)C(O)(F)C(O)(OC(F)(F)C(F)(F)F)C(F)(F)C(F)(F)C(F)(F)C(F)(F)C(F)(F)C(F)(F)C(F)(F)C(F)(F)F. The molecule has 254 valence electrons. The van der Waals surface area contributed by atoms with Gasteiger partial charge in [0.1, 0.15) is 0 Å². The lowest BCUT2D eigenvalue weighted by molar-refractivity contribution is -0.563. The van der Waals surface area contributed by atoms with E-state index in [-0.39, 0.29) is 0 Å². The van der Waals surface area contributed by atoms with Crippen LogP contribution in [0.4, 0.5) is 110 Å². The smallest absolute Gasteiger partial charge is 0.356 e. The third kappa shape index (κ3) is 4.93. The lowest BCUT2D eigenvalue weighted by Gasteiger charge is -2.48. The molecule has 42 heavy (non-hydrogen) atoms. The molecule has 0 saturated heterocycles. The highest BCUT2D eigenvalue weighted by Crippen LogP contribution is 2.66. The van der Waals surface area contributed by atoms with E-state index in [1.54, 1.807) is 0 Å². The minimum absolute atomic E-state index is 1.11. The summed E-state index contributed by atoms with van der Waals surface area (Å²) in [6.07, 6.45) is -32.1. The van der Waals surface area contributed by atoms with Gasteiger partial charge in [0.2, 0.25) is 0 Å².